The quantitative estimate of drug-likeness (QED) is 0.817. The van der Waals surface area contributed by atoms with Gasteiger partial charge in [-0.2, -0.15) is 0 Å². The number of nitrogen functional groups attached to an aromatic ring is 1. The van der Waals surface area contributed by atoms with E-state index in [4.69, 9.17) is 5.73 Å². The largest absolute Gasteiger partial charge is 0.396 e. The summed E-state index contributed by atoms with van der Waals surface area (Å²) < 4.78 is 0. The van der Waals surface area contributed by atoms with Gasteiger partial charge in [-0.05, 0) is 12.8 Å². The van der Waals surface area contributed by atoms with Crippen molar-refractivity contribution in [1.29, 1.82) is 0 Å². The molecule has 2 aromatic heterocycles. The Morgan fingerprint density at radius 1 is 1.44 bits per heavy atom. The SMILES string of the molecule is Nc1c(C(=O)NC2CC2)sc2nccnc12. The van der Waals surface area contributed by atoms with Crippen LogP contribution in [-0.4, -0.2) is 21.9 Å². The smallest absolute Gasteiger partial charge is 0.263 e. The van der Waals surface area contributed by atoms with Crippen LogP contribution in [0.25, 0.3) is 10.3 Å². The van der Waals surface area contributed by atoms with Gasteiger partial charge in [0.1, 0.15) is 15.2 Å². The molecule has 1 aliphatic carbocycles. The molecule has 3 N–H and O–H groups in total. The van der Waals surface area contributed by atoms with E-state index in [1.54, 1.807) is 12.4 Å². The van der Waals surface area contributed by atoms with Gasteiger partial charge in [-0.3, -0.25) is 4.79 Å². The highest BCUT2D eigenvalue weighted by Gasteiger charge is 2.26. The van der Waals surface area contributed by atoms with E-state index < -0.39 is 0 Å². The van der Waals surface area contributed by atoms with Crippen LogP contribution < -0.4 is 11.1 Å². The fourth-order valence-corrected chi connectivity index (χ4v) is 2.42. The highest BCUT2D eigenvalue weighted by Crippen LogP contribution is 2.31. The van der Waals surface area contributed by atoms with Gasteiger partial charge in [-0.15, -0.1) is 11.3 Å². The van der Waals surface area contributed by atoms with E-state index in [0.29, 0.717) is 27.0 Å². The standard InChI is InChI=1S/C10H10N4OS/c11-6-7-10(13-4-3-12-7)16-8(6)9(15)14-5-1-2-5/h3-5H,1-2,11H2,(H,14,15). The Balaban J connectivity index is 2.02. The molecular formula is C10H10N4OS. The Bertz CT molecular complexity index is 561. The van der Waals surface area contributed by atoms with Crippen LogP contribution in [0, 0.1) is 0 Å². The zero-order valence-corrected chi connectivity index (χ0v) is 9.25. The molecule has 1 saturated carbocycles. The van der Waals surface area contributed by atoms with Crippen molar-refractivity contribution >= 4 is 33.3 Å². The number of nitrogens with one attached hydrogen (secondary N) is 1. The first-order valence-corrected chi connectivity index (χ1v) is 5.87. The Morgan fingerprint density at radius 3 is 2.88 bits per heavy atom. The molecule has 0 spiro atoms. The first kappa shape index (κ1) is 9.53. The highest BCUT2D eigenvalue weighted by atomic mass is 32.1. The summed E-state index contributed by atoms with van der Waals surface area (Å²) in [5, 5.41) is 2.91. The first-order valence-electron chi connectivity index (χ1n) is 5.05. The van der Waals surface area contributed by atoms with E-state index in [1.165, 1.54) is 11.3 Å². The monoisotopic (exact) mass is 234 g/mol. The summed E-state index contributed by atoms with van der Waals surface area (Å²) in [4.78, 5) is 21.3. The van der Waals surface area contributed by atoms with Gasteiger partial charge in [0.15, 0.2) is 0 Å². The number of nitrogens with zero attached hydrogens (tertiary/aromatic N) is 2. The third kappa shape index (κ3) is 1.51. The molecule has 2 aromatic rings. The van der Waals surface area contributed by atoms with Crippen molar-refractivity contribution in [3.63, 3.8) is 0 Å². The molecule has 1 aliphatic rings. The first-order chi connectivity index (χ1) is 7.75. The Labute approximate surface area is 95.7 Å². The predicted molar refractivity (Wildman–Crippen MR) is 62.3 cm³/mol. The molecule has 0 saturated heterocycles. The molecular weight excluding hydrogens is 224 g/mol. The molecule has 0 atom stereocenters. The third-order valence-electron chi connectivity index (χ3n) is 2.48. The lowest BCUT2D eigenvalue weighted by molar-refractivity contribution is 0.0956. The summed E-state index contributed by atoms with van der Waals surface area (Å²) in [7, 11) is 0. The van der Waals surface area contributed by atoms with E-state index in [2.05, 4.69) is 15.3 Å². The third-order valence-corrected chi connectivity index (χ3v) is 3.58. The van der Waals surface area contributed by atoms with Gasteiger partial charge in [0.05, 0.1) is 5.69 Å². The summed E-state index contributed by atoms with van der Waals surface area (Å²) in [6, 6.07) is 0.332. The van der Waals surface area contributed by atoms with Crippen LogP contribution in [0.15, 0.2) is 12.4 Å². The van der Waals surface area contributed by atoms with Crippen LogP contribution in [0.3, 0.4) is 0 Å². The van der Waals surface area contributed by atoms with Crippen LogP contribution in [-0.2, 0) is 0 Å². The zero-order valence-electron chi connectivity index (χ0n) is 8.43. The number of carbonyl (C=O) groups is 1. The van der Waals surface area contributed by atoms with Crippen molar-refractivity contribution in [3.05, 3.63) is 17.3 Å². The van der Waals surface area contributed by atoms with Gasteiger partial charge in [0, 0.05) is 18.4 Å². The van der Waals surface area contributed by atoms with Gasteiger partial charge < -0.3 is 11.1 Å². The number of rotatable bonds is 2. The summed E-state index contributed by atoms with van der Waals surface area (Å²) >= 11 is 1.29. The second-order valence-corrected chi connectivity index (χ2v) is 4.80. The fourth-order valence-electron chi connectivity index (χ4n) is 1.49. The molecule has 0 radical (unpaired) electrons. The maximum atomic E-state index is 11.8. The van der Waals surface area contributed by atoms with Crippen LogP contribution in [0.2, 0.25) is 0 Å². The number of carbonyl (C=O) groups excluding carboxylic acids is 1. The number of nitrogens with two attached hydrogens (primary N) is 1. The molecule has 2 heterocycles. The number of hydrogen-bond donors (Lipinski definition) is 2. The van der Waals surface area contributed by atoms with Gasteiger partial charge >= 0.3 is 0 Å². The Hall–Kier alpha value is -1.69. The number of aromatic nitrogens is 2. The molecule has 0 aliphatic heterocycles. The second kappa shape index (κ2) is 3.41. The molecule has 1 amide bonds. The average Bonchev–Trinajstić information content (AvgIpc) is 3.03. The van der Waals surface area contributed by atoms with Crippen molar-refractivity contribution < 1.29 is 4.79 Å². The number of fused-ring (bicyclic) bond motifs is 1. The number of anilines is 1. The molecule has 0 unspecified atom stereocenters. The summed E-state index contributed by atoms with van der Waals surface area (Å²) in [6.07, 6.45) is 5.30. The molecule has 16 heavy (non-hydrogen) atoms. The van der Waals surface area contributed by atoms with Crippen molar-refractivity contribution in [2.24, 2.45) is 0 Å². The van der Waals surface area contributed by atoms with Crippen LogP contribution in [0.1, 0.15) is 22.5 Å². The molecule has 1 fully saturated rings. The number of hydrogen-bond acceptors (Lipinski definition) is 5. The Kier molecular flexibility index (Phi) is 2.03. The van der Waals surface area contributed by atoms with Gasteiger partial charge in [-0.25, -0.2) is 9.97 Å². The predicted octanol–water partition coefficient (Wildman–Crippen LogP) is 1.17. The van der Waals surface area contributed by atoms with Crippen LogP contribution in [0.5, 0.6) is 0 Å². The number of thiophene rings is 1. The topological polar surface area (TPSA) is 80.9 Å². The molecule has 3 rings (SSSR count). The van der Waals surface area contributed by atoms with E-state index in [-0.39, 0.29) is 5.91 Å². The normalized spacial score (nSPS) is 15.2. The van der Waals surface area contributed by atoms with E-state index >= 15 is 0 Å². The maximum Gasteiger partial charge on any atom is 0.263 e. The Morgan fingerprint density at radius 2 is 2.19 bits per heavy atom. The van der Waals surface area contributed by atoms with Crippen molar-refractivity contribution in [1.82, 2.24) is 15.3 Å². The molecule has 6 heteroatoms. The number of amides is 1. The van der Waals surface area contributed by atoms with Crippen LogP contribution in [0.4, 0.5) is 5.69 Å². The minimum Gasteiger partial charge on any atom is -0.396 e. The van der Waals surface area contributed by atoms with Crippen molar-refractivity contribution in [2.45, 2.75) is 18.9 Å². The highest BCUT2D eigenvalue weighted by molar-refractivity contribution is 7.21. The van der Waals surface area contributed by atoms with E-state index in [9.17, 15) is 4.79 Å². The summed E-state index contributed by atoms with van der Waals surface area (Å²) in [6.45, 7) is 0. The summed E-state index contributed by atoms with van der Waals surface area (Å²) in [5.74, 6) is -0.107. The van der Waals surface area contributed by atoms with Crippen molar-refractivity contribution in [3.8, 4) is 0 Å². The van der Waals surface area contributed by atoms with Gasteiger partial charge in [0.2, 0.25) is 0 Å². The van der Waals surface area contributed by atoms with Crippen LogP contribution >= 0.6 is 11.3 Å². The minimum absolute atomic E-state index is 0.107. The molecule has 0 bridgehead atoms. The second-order valence-electron chi connectivity index (χ2n) is 3.80. The fraction of sp³-hybridized carbons (Fsp3) is 0.300. The molecule has 82 valence electrons. The lowest BCUT2D eigenvalue weighted by atomic mass is 10.3. The van der Waals surface area contributed by atoms with E-state index in [0.717, 1.165) is 12.8 Å². The maximum absolute atomic E-state index is 11.8. The minimum atomic E-state index is -0.107. The molecule has 0 aromatic carbocycles. The lowest BCUT2D eigenvalue weighted by Crippen LogP contribution is -2.25. The van der Waals surface area contributed by atoms with Gasteiger partial charge in [-0.1, -0.05) is 0 Å². The molecule has 5 nitrogen and oxygen atoms in total. The van der Waals surface area contributed by atoms with E-state index in [1.807, 2.05) is 0 Å². The zero-order chi connectivity index (χ0) is 11.1. The average molecular weight is 234 g/mol. The van der Waals surface area contributed by atoms with Crippen molar-refractivity contribution in [2.75, 3.05) is 5.73 Å². The lowest BCUT2D eigenvalue weighted by Gasteiger charge is -2.00. The summed E-state index contributed by atoms with van der Waals surface area (Å²) in [5.41, 5.74) is 6.94. The van der Waals surface area contributed by atoms with Gasteiger partial charge in [0.25, 0.3) is 5.91 Å².